The number of methoxy groups -OCH3 is 1. The van der Waals surface area contributed by atoms with Crippen LogP contribution in [0, 0.1) is 22.7 Å². The molecule has 0 spiro atoms. The van der Waals surface area contributed by atoms with Gasteiger partial charge in [0.1, 0.15) is 25.3 Å². The number of carbonyl (C=O) groups excluding carboxylic acids is 3. The summed E-state index contributed by atoms with van der Waals surface area (Å²) in [5.74, 6) is -1.84. The Morgan fingerprint density at radius 1 is 0.644 bits per heavy atom. The van der Waals surface area contributed by atoms with Crippen LogP contribution in [0.1, 0.15) is 92.6 Å². The van der Waals surface area contributed by atoms with E-state index in [-0.39, 0.29) is 55.3 Å². The second-order valence-corrected chi connectivity index (χ2v) is 16.2. The van der Waals surface area contributed by atoms with E-state index in [0.29, 0.717) is 11.8 Å². The molecule has 0 unspecified atom stereocenters. The van der Waals surface area contributed by atoms with Crippen LogP contribution >= 0.6 is 0 Å². The fraction of sp³-hybridized carbons (Fsp3) is 0.488. The number of hydrogen-bond acceptors (Lipinski definition) is 12. The van der Waals surface area contributed by atoms with Crippen LogP contribution in [-0.4, -0.2) is 86.9 Å². The molecule has 4 rings (SSSR count). The van der Waals surface area contributed by atoms with E-state index in [0.717, 1.165) is 32.7 Å². The van der Waals surface area contributed by atoms with Crippen LogP contribution in [-0.2, 0) is 23.9 Å². The van der Waals surface area contributed by atoms with Crippen molar-refractivity contribution in [2.45, 2.75) is 93.5 Å². The van der Waals surface area contributed by atoms with Crippen molar-refractivity contribution in [1.29, 1.82) is 0 Å². The van der Waals surface area contributed by atoms with Crippen molar-refractivity contribution < 1.29 is 73.0 Å². The maximum atomic E-state index is 12.7. The Hall–Kier alpha value is -4.78. The molecule has 2 aromatic heterocycles. The average Bonchev–Trinajstić information content (AvgIpc) is 3.15. The number of hydrogen-bond donors (Lipinski definition) is 5. The van der Waals surface area contributed by atoms with Gasteiger partial charge in [0.05, 0.1) is 30.1 Å². The molecule has 0 aliphatic heterocycles. The van der Waals surface area contributed by atoms with Gasteiger partial charge in [0.15, 0.2) is 0 Å². The van der Waals surface area contributed by atoms with Crippen molar-refractivity contribution in [2.75, 3.05) is 20.3 Å². The maximum absolute atomic E-state index is 12.7. The van der Waals surface area contributed by atoms with Crippen LogP contribution < -0.4 is 39.0 Å². The van der Waals surface area contributed by atoms with E-state index < -0.39 is 53.0 Å². The van der Waals surface area contributed by atoms with Gasteiger partial charge in [-0.05, 0) is 87.4 Å². The summed E-state index contributed by atoms with van der Waals surface area (Å²) < 4.78 is 16.3. The van der Waals surface area contributed by atoms with Crippen molar-refractivity contribution in [3.8, 4) is 11.8 Å². The van der Waals surface area contributed by atoms with Crippen molar-refractivity contribution in [3.05, 3.63) is 72.1 Å². The predicted molar refractivity (Wildman–Crippen MR) is 218 cm³/mol. The van der Waals surface area contributed by atoms with Gasteiger partial charge in [-0.15, -0.1) is 0 Å². The average molecular weight is 815 g/mol. The first-order valence-corrected chi connectivity index (χ1v) is 18.9. The van der Waals surface area contributed by atoms with Crippen molar-refractivity contribution in [2.24, 2.45) is 22.7 Å². The molecule has 6 N–H and O–H groups in total. The van der Waals surface area contributed by atoms with Crippen LogP contribution in [0.2, 0.25) is 0 Å². The van der Waals surface area contributed by atoms with Crippen molar-refractivity contribution in [1.82, 2.24) is 20.6 Å². The Morgan fingerprint density at radius 2 is 1.02 bits per heavy atom. The number of carboxylic acids is 1. The van der Waals surface area contributed by atoms with Gasteiger partial charge in [0, 0.05) is 35.3 Å². The molecule has 2 heterocycles. The Labute approximate surface area is 358 Å². The first-order valence-electron chi connectivity index (χ1n) is 18.9. The van der Waals surface area contributed by atoms with Gasteiger partial charge in [-0.3, -0.25) is 9.59 Å². The number of carboxylic acid groups (broad SMARTS) is 1. The molecule has 0 bridgehead atoms. The molecule has 4 atom stereocenters. The van der Waals surface area contributed by atoms with E-state index in [1.54, 1.807) is 79.9 Å². The fourth-order valence-electron chi connectivity index (χ4n) is 5.41. The molecule has 15 nitrogen and oxygen atoms in total. The Bertz CT molecular complexity index is 2040. The first kappa shape index (κ1) is 52.2. The van der Waals surface area contributed by atoms with Gasteiger partial charge in [-0.1, -0.05) is 52.0 Å². The number of aliphatic carboxylic acids is 1. The smallest absolute Gasteiger partial charge is 0.870 e. The Morgan fingerprint density at radius 3 is 1.34 bits per heavy atom. The van der Waals surface area contributed by atoms with Gasteiger partial charge < -0.3 is 45.6 Å². The minimum absolute atomic E-state index is 0. The fourth-order valence-corrected chi connectivity index (χ4v) is 5.41. The number of fused-ring (bicyclic) bond motifs is 2. The number of amides is 2. The van der Waals surface area contributed by atoms with E-state index in [1.807, 2.05) is 50.2 Å². The second-order valence-electron chi connectivity index (χ2n) is 16.2. The molecular weight excluding hydrogens is 755 g/mol. The standard InChI is InChI=1S/C22H30N2O5.C21H28N2O5.Li.H2O/c1-13(2)19(20(26)28-6)24-21(27)22(4,5)12-29-18-10-17-9-15(14(3)25)7-8-16(17)11-23-18;1-12(2)18(19(25)26)23-20(27)21(4,5)11-28-17-9-16-8-14(13(3)24)6-7-15(16)10-22-17;;/h7-11,13-14,19,25H,12H2,1-6H3,(H,24,27);6-10,12-13,18,24H,11H2,1-5H3,(H,23,27)(H,25,26);;1H2/q;;+1;/p-1/t14-,19+;13-,18+;;/m11../s1. The predicted octanol–water partition coefficient (Wildman–Crippen LogP) is 2.75. The summed E-state index contributed by atoms with van der Waals surface area (Å²) in [6, 6.07) is 13.1. The zero-order valence-electron chi connectivity index (χ0n) is 36.2. The Balaban J connectivity index is 0.000000571. The summed E-state index contributed by atoms with van der Waals surface area (Å²) in [5, 5.41) is 37.7. The number of aromatic nitrogens is 2. The number of carbonyl (C=O) groups is 4. The molecule has 4 aromatic rings. The molecular formula is C43H59LiN4O11. The maximum Gasteiger partial charge on any atom is 1.00 e. The van der Waals surface area contributed by atoms with E-state index in [9.17, 15) is 34.5 Å². The third-order valence-corrected chi connectivity index (χ3v) is 9.43. The minimum Gasteiger partial charge on any atom is -0.870 e. The number of nitrogens with zero attached hydrogens (tertiary/aromatic N) is 2. The molecule has 16 heteroatoms. The van der Waals surface area contributed by atoms with E-state index in [2.05, 4.69) is 20.6 Å². The third kappa shape index (κ3) is 14.8. The molecule has 0 aliphatic rings. The van der Waals surface area contributed by atoms with Crippen molar-refractivity contribution in [3.63, 3.8) is 0 Å². The largest absolute Gasteiger partial charge is 1.00 e. The summed E-state index contributed by atoms with van der Waals surface area (Å²) in [7, 11) is 1.30. The molecule has 0 saturated carbocycles. The molecule has 0 aliphatic carbocycles. The van der Waals surface area contributed by atoms with Gasteiger partial charge in [0.25, 0.3) is 0 Å². The molecule has 2 amide bonds. The summed E-state index contributed by atoms with van der Waals surface area (Å²) in [4.78, 5) is 57.0. The summed E-state index contributed by atoms with van der Waals surface area (Å²) in [6.45, 7) is 17.5. The van der Waals surface area contributed by atoms with E-state index >= 15 is 0 Å². The zero-order valence-corrected chi connectivity index (χ0v) is 36.2. The monoisotopic (exact) mass is 814 g/mol. The van der Waals surface area contributed by atoms with Crippen LogP contribution in [0.15, 0.2) is 60.9 Å². The summed E-state index contributed by atoms with van der Waals surface area (Å²) in [6.07, 6.45) is 2.22. The van der Waals surface area contributed by atoms with Gasteiger partial charge >= 0.3 is 30.8 Å². The molecule has 0 radical (unpaired) electrons. The van der Waals surface area contributed by atoms with Gasteiger partial charge in [-0.25, -0.2) is 19.6 Å². The third-order valence-electron chi connectivity index (χ3n) is 9.43. The number of aliphatic hydroxyl groups is 2. The van der Waals surface area contributed by atoms with E-state index in [1.165, 1.54) is 7.11 Å². The molecule has 59 heavy (non-hydrogen) atoms. The van der Waals surface area contributed by atoms with Crippen LogP contribution in [0.4, 0.5) is 0 Å². The molecule has 0 fully saturated rings. The van der Waals surface area contributed by atoms with Crippen LogP contribution in [0.25, 0.3) is 21.5 Å². The van der Waals surface area contributed by atoms with Crippen molar-refractivity contribution >= 4 is 45.3 Å². The molecule has 2 aromatic carbocycles. The summed E-state index contributed by atoms with van der Waals surface area (Å²) >= 11 is 0. The number of aliphatic hydroxyl groups excluding tert-OH is 2. The topological polar surface area (TPSA) is 236 Å². The number of nitrogens with one attached hydrogen (secondary N) is 2. The zero-order chi connectivity index (χ0) is 42.8. The van der Waals surface area contributed by atoms with E-state index in [4.69, 9.17) is 14.2 Å². The Kier molecular flexibility index (Phi) is 20.0. The molecule has 318 valence electrons. The first-order chi connectivity index (χ1) is 26.6. The summed E-state index contributed by atoms with van der Waals surface area (Å²) in [5.41, 5.74) is -0.241. The number of rotatable bonds is 16. The number of pyridine rings is 2. The normalized spacial score (nSPS) is 13.4. The van der Waals surface area contributed by atoms with Gasteiger partial charge in [-0.2, -0.15) is 0 Å². The number of ether oxygens (including phenoxy) is 3. The quantitative estimate of drug-likeness (QED) is 0.0810. The van der Waals surface area contributed by atoms with Gasteiger partial charge in [0.2, 0.25) is 23.6 Å². The van der Waals surface area contributed by atoms with Crippen LogP contribution in [0.5, 0.6) is 11.8 Å². The second kappa shape index (κ2) is 22.6. The van der Waals surface area contributed by atoms with Crippen LogP contribution in [0.3, 0.4) is 0 Å². The SMILES string of the molecule is CC(C)[C@H](NC(=O)C(C)(C)COc1cc2cc([C@@H](C)O)ccc2cn1)C(=O)O.COC(=O)[C@@H](NC(=O)C(C)(C)COc1cc2cc([C@@H](C)O)ccc2cn1)C(C)C.[Li+].[OH-]. The number of esters is 1. The minimum atomic E-state index is -1.06. The molecule has 0 saturated heterocycles. The number of benzene rings is 2.